The minimum absolute atomic E-state index is 0.0474. The molecule has 0 saturated carbocycles. The number of aliphatic carboxylic acids is 1. The van der Waals surface area contributed by atoms with Crippen molar-refractivity contribution in [1.82, 2.24) is 10.3 Å². The summed E-state index contributed by atoms with van der Waals surface area (Å²) in [6.07, 6.45) is 2.35. The van der Waals surface area contributed by atoms with Gasteiger partial charge in [0.1, 0.15) is 11.6 Å². The Morgan fingerprint density at radius 1 is 1.26 bits per heavy atom. The first kappa shape index (κ1) is 20.5. The van der Waals surface area contributed by atoms with Crippen LogP contribution in [0.1, 0.15) is 39.0 Å². The number of nitrogens with zero attached hydrogens (tertiary/aromatic N) is 1. The van der Waals surface area contributed by atoms with Crippen molar-refractivity contribution in [3.05, 3.63) is 41.9 Å². The molecule has 1 heterocycles. The number of aryl methyl sites for hydroxylation is 1. The van der Waals surface area contributed by atoms with E-state index >= 15 is 0 Å². The highest BCUT2D eigenvalue weighted by Gasteiger charge is 2.35. The van der Waals surface area contributed by atoms with Crippen molar-refractivity contribution in [3.63, 3.8) is 0 Å². The number of oxazole rings is 1. The Bertz CT molecular complexity index is 816. The largest absolute Gasteiger partial charge is 0.481 e. The number of carboxylic acids is 1. The van der Waals surface area contributed by atoms with E-state index in [1.807, 2.05) is 0 Å². The van der Waals surface area contributed by atoms with Gasteiger partial charge in [-0.3, -0.25) is 9.59 Å². The first-order valence-corrected chi connectivity index (χ1v) is 8.71. The van der Waals surface area contributed by atoms with Crippen LogP contribution >= 0.6 is 0 Å². The second-order valence-corrected chi connectivity index (χ2v) is 6.31. The molecular weight excluding hydrogens is 358 g/mol. The number of carboxylic acid groups (broad SMARTS) is 1. The molecule has 2 rings (SSSR count). The van der Waals surface area contributed by atoms with Gasteiger partial charge in [0.05, 0.1) is 17.2 Å². The van der Waals surface area contributed by atoms with Gasteiger partial charge in [-0.2, -0.15) is 0 Å². The Hall–Kier alpha value is -2.77. The van der Waals surface area contributed by atoms with Crippen LogP contribution in [0.3, 0.4) is 0 Å². The van der Waals surface area contributed by atoms with Gasteiger partial charge in [-0.1, -0.05) is 13.8 Å². The number of nitrogens with one attached hydrogen (secondary N) is 1. The zero-order valence-corrected chi connectivity index (χ0v) is 15.2. The van der Waals surface area contributed by atoms with Crippen LogP contribution in [0.15, 0.2) is 28.8 Å². The lowest BCUT2D eigenvalue weighted by molar-refractivity contribution is -0.149. The van der Waals surface area contributed by atoms with E-state index in [1.54, 1.807) is 13.8 Å². The Morgan fingerprint density at radius 2 is 1.96 bits per heavy atom. The molecule has 146 valence electrons. The summed E-state index contributed by atoms with van der Waals surface area (Å²) in [6.45, 7) is 3.59. The Kier molecular flexibility index (Phi) is 6.65. The van der Waals surface area contributed by atoms with Gasteiger partial charge in [0.2, 0.25) is 5.91 Å². The van der Waals surface area contributed by atoms with Crippen molar-refractivity contribution in [2.75, 3.05) is 6.54 Å². The average Bonchev–Trinajstić information content (AvgIpc) is 3.09. The van der Waals surface area contributed by atoms with Crippen molar-refractivity contribution in [2.45, 2.75) is 39.5 Å². The first-order chi connectivity index (χ1) is 12.8. The molecule has 2 aromatic rings. The van der Waals surface area contributed by atoms with Crippen LogP contribution in [0.2, 0.25) is 0 Å². The van der Waals surface area contributed by atoms with Crippen LogP contribution in [0.25, 0.3) is 11.3 Å². The topological polar surface area (TPSA) is 92.4 Å². The number of carbonyl (C=O) groups excluding carboxylic acids is 1. The van der Waals surface area contributed by atoms with Gasteiger partial charge in [-0.05, 0) is 25.0 Å². The molecule has 0 saturated heterocycles. The number of benzene rings is 1. The van der Waals surface area contributed by atoms with Gasteiger partial charge in [0, 0.05) is 25.5 Å². The molecule has 1 aromatic heterocycles. The van der Waals surface area contributed by atoms with Gasteiger partial charge in [0.25, 0.3) is 0 Å². The highest BCUT2D eigenvalue weighted by atomic mass is 19.1. The van der Waals surface area contributed by atoms with Crippen molar-refractivity contribution in [3.8, 4) is 11.3 Å². The molecule has 6 nitrogen and oxygen atoms in total. The van der Waals surface area contributed by atoms with Crippen LogP contribution in [-0.2, 0) is 16.0 Å². The van der Waals surface area contributed by atoms with Crippen molar-refractivity contribution in [1.29, 1.82) is 0 Å². The highest BCUT2D eigenvalue weighted by Crippen LogP contribution is 2.26. The lowest BCUT2D eigenvalue weighted by atomic mass is 9.82. The van der Waals surface area contributed by atoms with Crippen LogP contribution in [-0.4, -0.2) is 28.5 Å². The van der Waals surface area contributed by atoms with Crippen LogP contribution < -0.4 is 5.32 Å². The van der Waals surface area contributed by atoms with Crippen molar-refractivity contribution < 1.29 is 27.9 Å². The molecular formula is C19H22F2N2O4. The Morgan fingerprint density at radius 3 is 2.56 bits per heavy atom. The molecule has 2 N–H and O–H groups in total. The highest BCUT2D eigenvalue weighted by molar-refractivity contribution is 5.79. The molecule has 0 radical (unpaired) electrons. The van der Waals surface area contributed by atoms with Crippen molar-refractivity contribution in [2.24, 2.45) is 5.41 Å². The fourth-order valence-corrected chi connectivity index (χ4v) is 2.69. The second kappa shape index (κ2) is 8.75. The summed E-state index contributed by atoms with van der Waals surface area (Å²) in [5.41, 5.74) is -0.900. The summed E-state index contributed by atoms with van der Waals surface area (Å²) in [7, 11) is 0. The third kappa shape index (κ3) is 4.90. The smallest absolute Gasteiger partial charge is 0.311 e. The van der Waals surface area contributed by atoms with E-state index in [2.05, 4.69) is 10.3 Å². The summed E-state index contributed by atoms with van der Waals surface area (Å²) >= 11 is 0. The van der Waals surface area contributed by atoms with Gasteiger partial charge in [-0.25, -0.2) is 13.8 Å². The standard InChI is InChI=1S/C19H22F2N2O4/c1-3-19(4-2,18(25)26)11-23-16(24)7-8-17-22-10-15(27-17)13-6-5-12(20)9-14(13)21/h5-6,9-10H,3-4,7-8,11H2,1-2H3,(H,23,24)(H,25,26). The van der Waals surface area contributed by atoms with E-state index in [1.165, 1.54) is 12.3 Å². The van der Waals surface area contributed by atoms with E-state index in [4.69, 9.17) is 4.42 Å². The first-order valence-electron chi connectivity index (χ1n) is 8.71. The molecule has 0 aliphatic rings. The van der Waals surface area contributed by atoms with E-state index in [0.717, 1.165) is 12.1 Å². The van der Waals surface area contributed by atoms with Crippen LogP contribution in [0.4, 0.5) is 8.78 Å². The number of aromatic nitrogens is 1. The summed E-state index contributed by atoms with van der Waals surface area (Å²) < 4.78 is 32.2. The zero-order valence-electron chi connectivity index (χ0n) is 15.2. The maximum absolute atomic E-state index is 13.8. The number of hydrogen-bond acceptors (Lipinski definition) is 4. The molecule has 27 heavy (non-hydrogen) atoms. The van der Waals surface area contributed by atoms with Gasteiger partial charge in [0.15, 0.2) is 11.7 Å². The SMILES string of the molecule is CCC(CC)(CNC(=O)CCc1ncc(-c2ccc(F)cc2F)o1)C(=O)O. The third-order valence-electron chi connectivity index (χ3n) is 4.75. The summed E-state index contributed by atoms with van der Waals surface area (Å²) in [6, 6.07) is 3.12. The molecule has 0 bridgehead atoms. The normalized spacial score (nSPS) is 11.4. The van der Waals surface area contributed by atoms with Crippen LogP contribution in [0, 0.1) is 17.0 Å². The minimum Gasteiger partial charge on any atom is -0.481 e. The third-order valence-corrected chi connectivity index (χ3v) is 4.75. The number of carbonyl (C=O) groups is 2. The molecule has 0 aliphatic carbocycles. The Balaban J connectivity index is 1.93. The average molecular weight is 380 g/mol. The monoisotopic (exact) mass is 380 g/mol. The number of halogens is 2. The van der Waals surface area contributed by atoms with E-state index in [-0.39, 0.29) is 42.5 Å². The van der Waals surface area contributed by atoms with Crippen molar-refractivity contribution >= 4 is 11.9 Å². The molecule has 1 amide bonds. The van der Waals surface area contributed by atoms with E-state index < -0.39 is 23.0 Å². The predicted octanol–water partition coefficient (Wildman–Crippen LogP) is 3.56. The lowest BCUT2D eigenvalue weighted by Gasteiger charge is -2.26. The molecule has 0 aliphatic heterocycles. The quantitative estimate of drug-likeness (QED) is 0.694. The van der Waals surface area contributed by atoms with Gasteiger partial charge in [-0.15, -0.1) is 0 Å². The van der Waals surface area contributed by atoms with E-state index in [0.29, 0.717) is 12.8 Å². The summed E-state index contributed by atoms with van der Waals surface area (Å²) in [5.74, 6) is -2.34. The number of hydrogen-bond donors (Lipinski definition) is 2. The molecule has 0 fully saturated rings. The lowest BCUT2D eigenvalue weighted by Crippen LogP contribution is -2.42. The van der Waals surface area contributed by atoms with Crippen LogP contribution in [0.5, 0.6) is 0 Å². The molecule has 1 aromatic carbocycles. The predicted molar refractivity (Wildman–Crippen MR) is 93.8 cm³/mol. The Labute approximate surface area is 155 Å². The fraction of sp³-hybridized carbons (Fsp3) is 0.421. The molecule has 0 unspecified atom stereocenters. The maximum atomic E-state index is 13.8. The molecule has 0 atom stereocenters. The summed E-state index contributed by atoms with van der Waals surface area (Å²) in [4.78, 5) is 27.4. The molecule has 8 heteroatoms. The molecule has 0 spiro atoms. The van der Waals surface area contributed by atoms with E-state index in [9.17, 15) is 23.5 Å². The number of amides is 1. The van der Waals surface area contributed by atoms with Gasteiger partial charge >= 0.3 is 5.97 Å². The summed E-state index contributed by atoms with van der Waals surface area (Å²) in [5, 5.41) is 12.0. The fourth-order valence-electron chi connectivity index (χ4n) is 2.69. The zero-order chi connectivity index (χ0) is 20.0. The second-order valence-electron chi connectivity index (χ2n) is 6.31. The number of rotatable bonds is 9. The minimum atomic E-state index is -0.980. The van der Waals surface area contributed by atoms with Gasteiger partial charge < -0.3 is 14.8 Å². The maximum Gasteiger partial charge on any atom is 0.311 e.